The van der Waals surface area contributed by atoms with Crippen LogP contribution in [0.5, 0.6) is 11.6 Å². The second-order valence-electron chi connectivity index (χ2n) is 18.3. The summed E-state index contributed by atoms with van der Waals surface area (Å²) in [6, 6.07) is 3.01. The van der Waals surface area contributed by atoms with Gasteiger partial charge in [-0.25, -0.2) is 23.2 Å². The van der Waals surface area contributed by atoms with E-state index in [0.717, 1.165) is 6.42 Å². The van der Waals surface area contributed by atoms with Crippen LogP contribution in [-0.4, -0.2) is 105 Å². The average molecular weight is 825 g/mol. The number of carbonyl (C=O) groups excluding carboxylic acids is 3. The Hall–Kier alpha value is -4.47. The molecule has 1 aromatic heterocycles. The number of hydrogen-bond acceptors (Lipinski definition) is 10. The monoisotopic (exact) mass is 824 g/mol. The number of nitrogens with one attached hydrogen (secondary N) is 2. The summed E-state index contributed by atoms with van der Waals surface area (Å²) in [5, 5.41) is 13.6. The number of allylic oxidation sites excluding steroid dienone is 1. The third kappa shape index (κ3) is 8.48. The summed E-state index contributed by atoms with van der Waals surface area (Å²) in [4.78, 5) is 69.5. The zero-order valence-electron chi connectivity index (χ0n) is 35.2. The maximum absolute atomic E-state index is 15.3. The fraction of sp³-hybridized carbons (Fsp3) is 0.667. The SMILES string of the molecule is CC[C@@H]1C[C@H](C)CCC=C[C@@H]2C[C@@]2(C(=O)NS(=O)(=O)C2(C)CC2)NC(=O)[C@@H]2C[C@@H](Oc3nc4cc(OC)ccc4nc3C(C)C)CN2C(=O)[C@H]1N(C(=O)O)C(C)(C)C. The second kappa shape index (κ2) is 15.9. The van der Waals surface area contributed by atoms with Gasteiger partial charge in [-0.1, -0.05) is 46.3 Å². The minimum Gasteiger partial charge on any atom is -0.497 e. The Morgan fingerprint density at radius 1 is 1.14 bits per heavy atom. The minimum absolute atomic E-state index is 0.00991. The molecule has 7 atom stereocenters. The Kier molecular flexibility index (Phi) is 11.9. The molecule has 0 spiro atoms. The van der Waals surface area contributed by atoms with Crippen LogP contribution in [0.15, 0.2) is 30.4 Å². The van der Waals surface area contributed by atoms with Gasteiger partial charge < -0.3 is 24.8 Å². The lowest BCUT2D eigenvalue weighted by Crippen LogP contribution is -2.62. The normalized spacial score (nSPS) is 28.8. The Bertz CT molecular complexity index is 2080. The van der Waals surface area contributed by atoms with Crippen molar-refractivity contribution in [1.82, 2.24) is 29.8 Å². The van der Waals surface area contributed by atoms with Gasteiger partial charge in [-0.2, -0.15) is 0 Å². The average Bonchev–Trinajstić information content (AvgIpc) is 4.03. The molecule has 0 radical (unpaired) electrons. The van der Waals surface area contributed by atoms with Gasteiger partial charge in [-0.05, 0) is 90.2 Å². The van der Waals surface area contributed by atoms with Crippen molar-refractivity contribution in [2.24, 2.45) is 17.8 Å². The molecule has 1 aromatic carbocycles. The van der Waals surface area contributed by atoms with E-state index < -0.39 is 73.8 Å². The van der Waals surface area contributed by atoms with E-state index >= 15 is 4.79 Å². The van der Waals surface area contributed by atoms with Crippen LogP contribution in [0.1, 0.15) is 118 Å². The van der Waals surface area contributed by atoms with Crippen LogP contribution in [-0.2, 0) is 24.4 Å². The highest BCUT2D eigenvalue weighted by Crippen LogP contribution is 2.48. The van der Waals surface area contributed by atoms with Gasteiger partial charge in [0.15, 0.2) is 0 Å². The molecule has 3 N–H and O–H groups in total. The summed E-state index contributed by atoms with van der Waals surface area (Å²) in [7, 11) is -2.47. The molecule has 3 fully saturated rings. The van der Waals surface area contributed by atoms with Gasteiger partial charge in [0.1, 0.15) is 35.2 Å². The lowest BCUT2D eigenvalue weighted by molar-refractivity contribution is -0.146. The summed E-state index contributed by atoms with van der Waals surface area (Å²) >= 11 is 0. The maximum Gasteiger partial charge on any atom is 0.408 e. The zero-order valence-corrected chi connectivity index (χ0v) is 36.0. The van der Waals surface area contributed by atoms with Crippen LogP contribution in [0.4, 0.5) is 4.79 Å². The lowest BCUT2D eigenvalue weighted by Gasteiger charge is -2.44. The number of amides is 4. The van der Waals surface area contributed by atoms with Crippen molar-refractivity contribution in [3.63, 3.8) is 0 Å². The molecule has 58 heavy (non-hydrogen) atoms. The van der Waals surface area contributed by atoms with Crippen LogP contribution in [0, 0.1) is 17.8 Å². The van der Waals surface area contributed by atoms with Gasteiger partial charge in [0, 0.05) is 29.9 Å². The van der Waals surface area contributed by atoms with Crippen LogP contribution in [0.2, 0.25) is 0 Å². The first kappa shape index (κ1) is 43.1. The predicted octanol–water partition coefficient (Wildman–Crippen LogP) is 5.53. The van der Waals surface area contributed by atoms with E-state index in [0.29, 0.717) is 54.6 Å². The van der Waals surface area contributed by atoms with E-state index in [1.807, 2.05) is 39.0 Å². The topological polar surface area (TPSA) is 197 Å². The Balaban J connectivity index is 1.43. The van der Waals surface area contributed by atoms with Gasteiger partial charge in [0.25, 0.3) is 5.91 Å². The quantitative estimate of drug-likeness (QED) is 0.269. The maximum atomic E-state index is 15.3. The molecule has 15 nitrogen and oxygen atoms in total. The van der Waals surface area contributed by atoms with Crippen molar-refractivity contribution in [3.05, 3.63) is 36.0 Å². The first-order chi connectivity index (χ1) is 27.1. The predicted molar refractivity (Wildman–Crippen MR) is 218 cm³/mol. The van der Waals surface area contributed by atoms with Crippen LogP contribution in [0.25, 0.3) is 11.0 Å². The number of nitrogens with zero attached hydrogens (tertiary/aromatic N) is 4. The second-order valence-corrected chi connectivity index (χ2v) is 20.5. The van der Waals surface area contributed by atoms with Gasteiger partial charge in [-0.15, -0.1) is 0 Å². The number of rotatable bonds is 9. The van der Waals surface area contributed by atoms with E-state index in [9.17, 15) is 27.9 Å². The van der Waals surface area contributed by atoms with E-state index in [2.05, 4.69) is 17.0 Å². The van der Waals surface area contributed by atoms with Crippen LogP contribution >= 0.6 is 0 Å². The van der Waals surface area contributed by atoms with Crippen molar-refractivity contribution >= 4 is 44.9 Å². The molecule has 3 heterocycles. The highest BCUT2D eigenvalue weighted by Gasteiger charge is 2.63. The van der Waals surface area contributed by atoms with Gasteiger partial charge >= 0.3 is 6.09 Å². The Morgan fingerprint density at radius 3 is 2.45 bits per heavy atom. The third-order valence-electron chi connectivity index (χ3n) is 12.5. The first-order valence-electron chi connectivity index (χ1n) is 20.5. The van der Waals surface area contributed by atoms with E-state index in [1.165, 1.54) is 9.80 Å². The van der Waals surface area contributed by atoms with Crippen LogP contribution in [0.3, 0.4) is 0 Å². The standard InChI is InChI=1S/C42H60N6O9S/c1-10-26-19-25(4)13-11-12-14-27-22-42(27,38(51)46-58(54,55)41(8)17-18-41)45-35(49)32-21-29(23-47(32)37(50)34(26)48(39(52)53)40(5,6)7)57-36-33(24(2)3)43-30-16-15-28(56-9)20-31(30)44-36/h12,14-16,20,24-27,29,32,34H,10-11,13,17-19,21-23H2,1-9H3,(H,45,49)(H,46,51)(H,52,53)/t25-,26-,27-,29-,32+,34+,42-/m1/s1. The first-order valence-corrected chi connectivity index (χ1v) is 22.0. The van der Waals surface area contributed by atoms with Crippen molar-refractivity contribution in [1.29, 1.82) is 0 Å². The summed E-state index contributed by atoms with van der Waals surface area (Å²) in [5.74, 6) is -2.07. The summed E-state index contributed by atoms with van der Waals surface area (Å²) in [6.07, 6.45) is 5.25. The van der Waals surface area contributed by atoms with Crippen molar-refractivity contribution in [2.75, 3.05) is 13.7 Å². The van der Waals surface area contributed by atoms with E-state index in [-0.39, 0.29) is 43.0 Å². The molecule has 2 saturated carbocycles. The summed E-state index contributed by atoms with van der Waals surface area (Å²) in [5.41, 5.74) is -0.808. The molecule has 318 valence electrons. The van der Waals surface area contributed by atoms with Crippen molar-refractivity contribution < 1.29 is 42.2 Å². The molecule has 6 rings (SSSR count). The lowest BCUT2D eigenvalue weighted by atomic mass is 9.82. The smallest absolute Gasteiger partial charge is 0.408 e. The van der Waals surface area contributed by atoms with Gasteiger partial charge in [0.2, 0.25) is 27.7 Å². The number of carbonyl (C=O) groups is 4. The molecule has 16 heteroatoms. The number of aromatic nitrogens is 2. The largest absolute Gasteiger partial charge is 0.497 e. The number of fused-ring (bicyclic) bond motifs is 3. The molecular weight excluding hydrogens is 765 g/mol. The Morgan fingerprint density at radius 2 is 1.84 bits per heavy atom. The van der Waals surface area contributed by atoms with Crippen molar-refractivity contribution in [3.8, 4) is 11.6 Å². The number of benzene rings is 1. The molecule has 4 amide bonds. The minimum atomic E-state index is -4.03. The number of hydrogen-bond donors (Lipinski definition) is 3. The summed E-state index contributed by atoms with van der Waals surface area (Å²) in [6.45, 7) is 14.7. The number of carboxylic acid groups (broad SMARTS) is 1. The molecular formula is C42H60N6O9S. The highest BCUT2D eigenvalue weighted by molar-refractivity contribution is 7.91. The zero-order chi connectivity index (χ0) is 42.5. The number of methoxy groups -OCH3 is 1. The fourth-order valence-corrected chi connectivity index (χ4v) is 9.84. The fourth-order valence-electron chi connectivity index (χ4n) is 8.53. The van der Waals surface area contributed by atoms with E-state index in [4.69, 9.17) is 19.4 Å². The number of sulfonamides is 1. The third-order valence-corrected chi connectivity index (χ3v) is 14.6. The van der Waals surface area contributed by atoms with Crippen LogP contribution < -0.4 is 19.5 Å². The highest BCUT2D eigenvalue weighted by atomic mass is 32.2. The molecule has 0 unspecified atom stereocenters. The molecule has 2 aliphatic carbocycles. The van der Waals surface area contributed by atoms with Crippen molar-refractivity contribution in [2.45, 2.75) is 147 Å². The van der Waals surface area contributed by atoms with E-state index in [1.54, 1.807) is 46.9 Å². The molecule has 2 aromatic rings. The molecule has 1 saturated heterocycles. The number of ether oxygens (including phenoxy) is 2. The molecule has 2 aliphatic heterocycles. The van der Waals surface area contributed by atoms with Gasteiger partial charge in [0.05, 0.1) is 29.4 Å². The molecule has 4 aliphatic rings. The van der Waals surface area contributed by atoms with Gasteiger partial charge in [-0.3, -0.25) is 24.0 Å². The Labute approximate surface area is 341 Å². The molecule has 0 bridgehead atoms. The summed E-state index contributed by atoms with van der Waals surface area (Å²) < 4.78 is 39.8.